The van der Waals surface area contributed by atoms with Gasteiger partial charge in [-0.3, -0.25) is 4.79 Å². The Bertz CT molecular complexity index is 369. The van der Waals surface area contributed by atoms with Crippen LogP contribution in [0.1, 0.15) is 16.8 Å². The molecule has 0 saturated carbocycles. The fraction of sp³-hybridized carbons (Fsp3) is 0.364. The molecule has 0 aliphatic rings. The van der Waals surface area contributed by atoms with E-state index in [0.29, 0.717) is 13.2 Å². The fourth-order valence-corrected chi connectivity index (χ4v) is 1.19. The summed E-state index contributed by atoms with van der Waals surface area (Å²) in [6, 6.07) is 3.99. The molecule has 0 atom stereocenters. The Morgan fingerprint density at radius 2 is 2.31 bits per heavy atom. The first kappa shape index (κ1) is 12.4. The number of amides is 1. The zero-order chi connectivity index (χ0) is 12.0. The summed E-state index contributed by atoms with van der Waals surface area (Å²) in [4.78, 5) is 11.5. The van der Waals surface area contributed by atoms with E-state index in [-0.39, 0.29) is 17.2 Å². The van der Waals surface area contributed by atoms with Crippen LogP contribution in [0.3, 0.4) is 0 Å². The summed E-state index contributed by atoms with van der Waals surface area (Å²) in [6.45, 7) is 1.08. The van der Waals surface area contributed by atoms with E-state index in [4.69, 9.17) is 10.5 Å². The van der Waals surface area contributed by atoms with Gasteiger partial charge < -0.3 is 15.8 Å². The van der Waals surface area contributed by atoms with Crippen molar-refractivity contribution in [1.82, 2.24) is 5.32 Å². The lowest BCUT2D eigenvalue weighted by molar-refractivity contribution is 0.0948. The van der Waals surface area contributed by atoms with Crippen LogP contribution in [0, 0.1) is 5.82 Å². The Kier molecular flexibility index (Phi) is 4.72. The second kappa shape index (κ2) is 6.07. The number of nitrogens with one attached hydrogen (secondary N) is 1. The highest BCUT2D eigenvalue weighted by Crippen LogP contribution is 2.11. The molecule has 5 heteroatoms. The number of benzene rings is 1. The van der Waals surface area contributed by atoms with Gasteiger partial charge in [-0.05, 0) is 24.6 Å². The Balaban J connectivity index is 2.50. The quantitative estimate of drug-likeness (QED) is 0.585. The second-order valence-corrected chi connectivity index (χ2v) is 3.34. The summed E-state index contributed by atoms with van der Waals surface area (Å²) < 4.78 is 17.9. The third-order valence-electron chi connectivity index (χ3n) is 2.07. The maximum Gasteiger partial charge on any atom is 0.251 e. The Labute approximate surface area is 93.6 Å². The summed E-state index contributed by atoms with van der Waals surface area (Å²) in [5.41, 5.74) is 5.61. The molecule has 0 fully saturated rings. The number of carbonyl (C=O) groups is 1. The molecule has 0 bridgehead atoms. The van der Waals surface area contributed by atoms with Crippen LogP contribution in [0.5, 0.6) is 0 Å². The van der Waals surface area contributed by atoms with E-state index in [9.17, 15) is 9.18 Å². The SMILES string of the molecule is COCCCNC(=O)c1ccc(N)c(F)c1. The molecule has 0 radical (unpaired) electrons. The molecule has 0 aliphatic heterocycles. The van der Waals surface area contributed by atoms with Crippen molar-refractivity contribution in [2.45, 2.75) is 6.42 Å². The number of hydrogen-bond acceptors (Lipinski definition) is 3. The number of hydrogen-bond donors (Lipinski definition) is 2. The van der Waals surface area contributed by atoms with Crippen molar-refractivity contribution in [3.8, 4) is 0 Å². The van der Waals surface area contributed by atoms with Crippen LogP contribution in [-0.4, -0.2) is 26.2 Å². The number of carbonyl (C=O) groups excluding carboxylic acids is 1. The van der Waals surface area contributed by atoms with E-state index in [1.807, 2.05) is 0 Å². The highest BCUT2D eigenvalue weighted by Gasteiger charge is 2.07. The first-order chi connectivity index (χ1) is 7.65. The number of nitrogen functional groups attached to an aromatic ring is 1. The molecule has 1 aromatic rings. The lowest BCUT2D eigenvalue weighted by Gasteiger charge is -2.05. The number of rotatable bonds is 5. The molecule has 16 heavy (non-hydrogen) atoms. The fourth-order valence-electron chi connectivity index (χ4n) is 1.19. The summed E-state index contributed by atoms with van der Waals surface area (Å²) >= 11 is 0. The number of methoxy groups -OCH3 is 1. The van der Waals surface area contributed by atoms with E-state index in [1.54, 1.807) is 7.11 Å². The van der Waals surface area contributed by atoms with Gasteiger partial charge >= 0.3 is 0 Å². The van der Waals surface area contributed by atoms with Crippen molar-refractivity contribution in [3.05, 3.63) is 29.6 Å². The van der Waals surface area contributed by atoms with Crippen LogP contribution >= 0.6 is 0 Å². The highest BCUT2D eigenvalue weighted by atomic mass is 19.1. The van der Waals surface area contributed by atoms with Gasteiger partial charge in [-0.25, -0.2) is 4.39 Å². The van der Waals surface area contributed by atoms with Crippen molar-refractivity contribution in [2.24, 2.45) is 0 Å². The number of halogens is 1. The molecule has 0 saturated heterocycles. The summed E-state index contributed by atoms with van der Waals surface area (Å²) in [7, 11) is 1.59. The van der Waals surface area contributed by atoms with E-state index < -0.39 is 5.82 Å². The number of ether oxygens (including phenoxy) is 1. The molecule has 0 aromatic heterocycles. The second-order valence-electron chi connectivity index (χ2n) is 3.34. The summed E-state index contributed by atoms with van der Waals surface area (Å²) in [6.07, 6.45) is 0.722. The minimum atomic E-state index is -0.579. The molecule has 1 rings (SSSR count). The normalized spacial score (nSPS) is 10.1. The van der Waals surface area contributed by atoms with Gasteiger partial charge in [0.1, 0.15) is 5.82 Å². The van der Waals surface area contributed by atoms with Crippen LogP contribution in [0.25, 0.3) is 0 Å². The van der Waals surface area contributed by atoms with E-state index in [2.05, 4.69) is 5.32 Å². The lowest BCUT2D eigenvalue weighted by atomic mass is 10.2. The smallest absolute Gasteiger partial charge is 0.251 e. The third kappa shape index (κ3) is 3.51. The molecule has 0 spiro atoms. The molecule has 3 N–H and O–H groups in total. The predicted octanol–water partition coefficient (Wildman–Crippen LogP) is 1.17. The average molecular weight is 226 g/mol. The summed E-state index contributed by atoms with van der Waals surface area (Å²) in [5.74, 6) is -0.889. The van der Waals surface area contributed by atoms with Gasteiger partial charge in [-0.1, -0.05) is 0 Å². The van der Waals surface area contributed by atoms with Crippen molar-refractivity contribution in [1.29, 1.82) is 0 Å². The van der Waals surface area contributed by atoms with Gasteiger partial charge in [0.2, 0.25) is 0 Å². The van der Waals surface area contributed by atoms with Gasteiger partial charge in [0.15, 0.2) is 0 Å². The van der Waals surface area contributed by atoms with Crippen LogP contribution in [0.4, 0.5) is 10.1 Å². The zero-order valence-electron chi connectivity index (χ0n) is 9.13. The topological polar surface area (TPSA) is 64.3 Å². The predicted molar refractivity (Wildman–Crippen MR) is 59.6 cm³/mol. The first-order valence-corrected chi connectivity index (χ1v) is 4.97. The van der Waals surface area contributed by atoms with Crippen LogP contribution in [-0.2, 0) is 4.74 Å². The molecular weight excluding hydrogens is 211 g/mol. The van der Waals surface area contributed by atoms with Crippen molar-refractivity contribution in [2.75, 3.05) is 26.0 Å². The highest BCUT2D eigenvalue weighted by molar-refractivity contribution is 5.94. The van der Waals surface area contributed by atoms with Crippen LogP contribution in [0.2, 0.25) is 0 Å². The maximum atomic E-state index is 13.1. The first-order valence-electron chi connectivity index (χ1n) is 4.97. The molecule has 4 nitrogen and oxygen atoms in total. The Morgan fingerprint density at radius 1 is 1.56 bits per heavy atom. The van der Waals surface area contributed by atoms with E-state index in [1.165, 1.54) is 12.1 Å². The van der Waals surface area contributed by atoms with Crippen LogP contribution < -0.4 is 11.1 Å². The number of anilines is 1. The lowest BCUT2D eigenvalue weighted by Crippen LogP contribution is -2.25. The molecule has 1 amide bonds. The van der Waals surface area contributed by atoms with Crippen molar-refractivity contribution >= 4 is 11.6 Å². The van der Waals surface area contributed by atoms with Crippen molar-refractivity contribution < 1.29 is 13.9 Å². The molecule has 0 unspecified atom stereocenters. The monoisotopic (exact) mass is 226 g/mol. The Hall–Kier alpha value is -1.62. The number of nitrogens with two attached hydrogens (primary N) is 1. The third-order valence-corrected chi connectivity index (χ3v) is 2.07. The molecular formula is C11H15FN2O2. The molecule has 0 aliphatic carbocycles. The van der Waals surface area contributed by atoms with Crippen LogP contribution in [0.15, 0.2) is 18.2 Å². The Morgan fingerprint density at radius 3 is 2.94 bits per heavy atom. The van der Waals surface area contributed by atoms with E-state index in [0.717, 1.165) is 12.5 Å². The standard InChI is InChI=1S/C11H15FN2O2/c1-16-6-2-5-14-11(15)8-3-4-10(13)9(12)7-8/h3-4,7H,2,5-6,13H2,1H3,(H,14,15). The van der Waals surface area contributed by atoms with Gasteiger partial charge in [0.05, 0.1) is 5.69 Å². The van der Waals surface area contributed by atoms with Gasteiger partial charge in [0.25, 0.3) is 5.91 Å². The largest absolute Gasteiger partial charge is 0.396 e. The molecule has 1 aromatic carbocycles. The minimum absolute atomic E-state index is 0.0379. The van der Waals surface area contributed by atoms with E-state index >= 15 is 0 Å². The average Bonchev–Trinajstić information content (AvgIpc) is 2.28. The minimum Gasteiger partial charge on any atom is -0.396 e. The maximum absolute atomic E-state index is 13.1. The molecule has 0 heterocycles. The molecule has 88 valence electrons. The van der Waals surface area contributed by atoms with Gasteiger partial charge in [-0.15, -0.1) is 0 Å². The zero-order valence-corrected chi connectivity index (χ0v) is 9.13. The van der Waals surface area contributed by atoms with Crippen molar-refractivity contribution in [3.63, 3.8) is 0 Å². The summed E-state index contributed by atoms with van der Waals surface area (Å²) in [5, 5.41) is 2.65. The van der Waals surface area contributed by atoms with Gasteiger partial charge in [-0.2, -0.15) is 0 Å². The van der Waals surface area contributed by atoms with Gasteiger partial charge in [0, 0.05) is 25.8 Å².